The molecule has 4 nitrogen and oxygen atoms in total. The zero-order valence-electron chi connectivity index (χ0n) is 9.29. The van der Waals surface area contributed by atoms with Crippen molar-refractivity contribution in [1.29, 1.82) is 0 Å². The number of methoxy groups -OCH3 is 2. The molecule has 0 rings (SSSR count). The van der Waals surface area contributed by atoms with E-state index in [1.807, 2.05) is 6.92 Å². The predicted octanol–water partition coefficient (Wildman–Crippen LogP) is 0.730. The van der Waals surface area contributed by atoms with E-state index in [0.29, 0.717) is 12.1 Å². The van der Waals surface area contributed by atoms with Crippen molar-refractivity contribution in [3.8, 4) is 0 Å². The molecular formula is C10H19NO3. The van der Waals surface area contributed by atoms with Crippen molar-refractivity contribution in [2.75, 3.05) is 27.3 Å². The molecule has 0 fully saturated rings. The molecule has 14 heavy (non-hydrogen) atoms. The topological polar surface area (TPSA) is 47.6 Å². The number of carbonyl (C=O) groups excluding carboxylic acids is 1. The van der Waals surface area contributed by atoms with Gasteiger partial charge in [-0.25, -0.2) is 4.79 Å². The van der Waals surface area contributed by atoms with Gasteiger partial charge in [0.15, 0.2) is 0 Å². The number of hydrogen-bond acceptors (Lipinski definition) is 4. The van der Waals surface area contributed by atoms with Gasteiger partial charge in [0, 0.05) is 25.8 Å². The first-order valence-electron chi connectivity index (χ1n) is 4.60. The lowest BCUT2D eigenvalue weighted by molar-refractivity contribution is -0.136. The van der Waals surface area contributed by atoms with Crippen LogP contribution in [-0.4, -0.2) is 39.4 Å². The summed E-state index contributed by atoms with van der Waals surface area (Å²) in [6.07, 6.45) is 1.98. The maximum absolute atomic E-state index is 11.0. The molecule has 1 N–H and O–H groups in total. The average Bonchev–Trinajstić information content (AvgIpc) is 2.22. The van der Waals surface area contributed by atoms with Crippen LogP contribution in [0.15, 0.2) is 11.6 Å². The summed E-state index contributed by atoms with van der Waals surface area (Å²) in [7, 11) is 3.04. The summed E-state index contributed by atoms with van der Waals surface area (Å²) < 4.78 is 9.60. The summed E-state index contributed by atoms with van der Waals surface area (Å²) in [4.78, 5) is 11.0. The minimum absolute atomic E-state index is 0.182. The van der Waals surface area contributed by atoms with Gasteiger partial charge in [-0.15, -0.1) is 0 Å². The quantitative estimate of drug-likeness (QED) is 0.391. The fourth-order valence-electron chi connectivity index (χ4n) is 0.840. The first kappa shape index (κ1) is 13.1. The molecule has 0 radical (unpaired) electrons. The highest BCUT2D eigenvalue weighted by Crippen LogP contribution is 1.93. The molecule has 0 saturated heterocycles. The second kappa shape index (κ2) is 7.53. The summed E-state index contributed by atoms with van der Waals surface area (Å²) in [6, 6.07) is 0. The van der Waals surface area contributed by atoms with E-state index in [-0.39, 0.29) is 12.1 Å². The third-order valence-corrected chi connectivity index (χ3v) is 1.89. The van der Waals surface area contributed by atoms with E-state index in [0.717, 1.165) is 6.54 Å². The van der Waals surface area contributed by atoms with Gasteiger partial charge in [0.05, 0.1) is 13.2 Å². The molecule has 0 spiro atoms. The summed E-state index contributed by atoms with van der Waals surface area (Å²) in [5.41, 5.74) is 0.616. The molecule has 1 atom stereocenters. The van der Waals surface area contributed by atoms with E-state index in [2.05, 4.69) is 10.1 Å². The van der Waals surface area contributed by atoms with Gasteiger partial charge >= 0.3 is 5.97 Å². The van der Waals surface area contributed by atoms with Crippen LogP contribution in [0.2, 0.25) is 0 Å². The zero-order valence-corrected chi connectivity index (χ0v) is 9.29. The van der Waals surface area contributed by atoms with Gasteiger partial charge in [-0.05, 0) is 13.8 Å². The van der Waals surface area contributed by atoms with Crippen LogP contribution in [0.25, 0.3) is 0 Å². The molecular weight excluding hydrogens is 182 g/mol. The van der Waals surface area contributed by atoms with Crippen molar-refractivity contribution in [2.45, 2.75) is 20.0 Å². The van der Waals surface area contributed by atoms with Crippen molar-refractivity contribution < 1.29 is 14.3 Å². The molecule has 0 heterocycles. The van der Waals surface area contributed by atoms with E-state index in [1.165, 1.54) is 7.11 Å². The Balaban J connectivity index is 3.66. The minimum atomic E-state index is -0.286. The van der Waals surface area contributed by atoms with Crippen LogP contribution in [0.4, 0.5) is 0 Å². The van der Waals surface area contributed by atoms with Crippen molar-refractivity contribution >= 4 is 5.97 Å². The molecule has 0 bridgehead atoms. The molecule has 0 aliphatic carbocycles. The fraction of sp³-hybridized carbons (Fsp3) is 0.700. The number of carbonyl (C=O) groups is 1. The van der Waals surface area contributed by atoms with Crippen molar-refractivity contribution in [3.05, 3.63) is 11.6 Å². The zero-order chi connectivity index (χ0) is 11.0. The Hall–Kier alpha value is -0.870. The molecule has 0 amide bonds. The van der Waals surface area contributed by atoms with Gasteiger partial charge < -0.3 is 14.8 Å². The van der Waals surface area contributed by atoms with Crippen LogP contribution in [0, 0.1) is 0 Å². The van der Waals surface area contributed by atoms with Crippen LogP contribution in [0.3, 0.4) is 0 Å². The van der Waals surface area contributed by atoms with Crippen molar-refractivity contribution in [2.24, 2.45) is 0 Å². The molecule has 0 aromatic carbocycles. The van der Waals surface area contributed by atoms with E-state index < -0.39 is 0 Å². The normalized spacial score (nSPS) is 13.9. The smallest absolute Gasteiger partial charge is 0.333 e. The van der Waals surface area contributed by atoms with Gasteiger partial charge in [0.1, 0.15) is 0 Å². The maximum atomic E-state index is 11.0. The summed E-state index contributed by atoms with van der Waals surface area (Å²) in [5.74, 6) is -0.286. The third kappa shape index (κ3) is 5.72. The Morgan fingerprint density at radius 1 is 1.50 bits per heavy atom. The summed E-state index contributed by atoms with van der Waals surface area (Å²) in [5, 5.41) is 3.14. The number of rotatable bonds is 6. The Bertz CT molecular complexity index is 202. The van der Waals surface area contributed by atoms with Crippen LogP contribution in [-0.2, 0) is 14.3 Å². The van der Waals surface area contributed by atoms with Gasteiger partial charge in [0.2, 0.25) is 0 Å². The lowest BCUT2D eigenvalue weighted by atomic mass is 10.3. The van der Waals surface area contributed by atoms with Gasteiger partial charge in [-0.1, -0.05) is 6.08 Å². The molecule has 1 unspecified atom stereocenters. The lowest BCUT2D eigenvalue weighted by Gasteiger charge is -2.09. The largest absolute Gasteiger partial charge is 0.466 e. The second-order valence-electron chi connectivity index (χ2n) is 3.08. The van der Waals surface area contributed by atoms with Crippen LogP contribution >= 0.6 is 0 Å². The highest BCUT2D eigenvalue weighted by Gasteiger charge is 2.01. The maximum Gasteiger partial charge on any atom is 0.333 e. The van der Waals surface area contributed by atoms with Crippen molar-refractivity contribution in [1.82, 2.24) is 5.32 Å². The first-order valence-corrected chi connectivity index (χ1v) is 4.60. The second-order valence-corrected chi connectivity index (χ2v) is 3.08. The molecule has 0 saturated carbocycles. The Morgan fingerprint density at radius 3 is 2.64 bits per heavy atom. The summed E-state index contributed by atoms with van der Waals surface area (Å²) >= 11 is 0. The number of hydrogen-bond donors (Lipinski definition) is 1. The standard InChI is InChI=1S/C10H19NO3/c1-8(10(12)14-4)5-6-11-7-9(2)13-3/h5,9,11H,6-7H2,1-4H3/b8-5-. The fourth-order valence-corrected chi connectivity index (χ4v) is 0.840. The van der Waals surface area contributed by atoms with Crippen molar-refractivity contribution in [3.63, 3.8) is 0 Å². The van der Waals surface area contributed by atoms with E-state index in [9.17, 15) is 4.79 Å². The Morgan fingerprint density at radius 2 is 2.14 bits per heavy atom. The molecule has 4 heteroatoms. The highest BCUT2D eigenvalue weighted by atomic mass is 16.5. The molecule has 0 aromatic rings. The van der Waals surface area contributed by atoms with Crippen LogP contribution < -0.4 is 5.32 Å². The van der Waals surface area contributed by atoms with E-state index >= 15 is 0 Å². The van der Waals surface area contributed by atoms with Crippen LogP contribution in [0.1, 0.15) is 13.8 Å². The molecule has 0 aliphatic heterocycles. The molecule has 0 aromatic heterocycles. The number of esters is 1. The van der Waals surface area contributed by atoms with E-state index in [1.54, 1.807) is 20.1 Å². The van der Waals surface area contributed by atoms with E-state index in [4.69, 9.17) is 4.74 Å². The lowest BCUT2D eigenvalue weighted by Crippen LogP contribution is -2.26. The van der Waals surface area contributed by atoms with Gasteiger partial charge in [-0.3, -0.25) is 0 Å². The number of ether oxygens (including phenoxy) is 2. The molecule has 82 valence electrons. The Labute approximate surface area is 85.3 Å². The highest BCUT2D eigenvalue weighted by molar-refractivity contribution is 5.87. The monoisotopic (exact) mass is 201 g/mol. The van der Waals surface area contributed by atoms with Gasteiger partial charge in [0.25, 0.3) is 0 Å². The third-order valence-electron chi connectivity index (χ3n) is 1.89. The Kier molecular flexibility index (Phi) is 7.06. The SMILES string of the molecule is COC(=O)/C(C)=C\CNCC(C)OC. The van der Waals surface area contributed by atoms with Gasteiger partial charge in [-0.2, -0.15) is 0 Å². The molecule has 0 aliphatic rings. The average molecular weight is 201 g/mol. The number of nitrogens with one attached hydrogen (secondary N) is 1. The summed E-state index contributed by atoms with van der Waals surface area (Å²) in [6.45, 7) is 5.12. The predicted molar refractivity (Wildman–Crippen MR) is 55.1 cm³/mol. The minimum Gasteiger partial charge on any atom is -0.466 e. The van der Waals surface area contributed by atoms with Crippen LogP contribution in [0.5, 0.6) is 0 Å². The first-order chi connectivity index (χ1) is 6.61.